The molecule has 0 bridgehead atoms. The van der Waals surface area contributed by atoms with Gasteiger partial charge in [-0.15, -0.1) is 0 Å². The van der Waals surface area contributed by atoms with Crippen LogP contribution in [0.15, 0.2) is 30.3 Å². The molecule has 9 heteroatoms. The van der Waals surface area contributed by atoms with Crippen LogP contribution in [0.5, 0.6) is 0 Å². The molecule has 9 nitrogen and oxygen atoms in total. The number of amides is 3. The van der Waals surface area contributed by atoms with Gasteiger partial charge in [0.15, 0.2) is 5.78 Å². The van der Waals surface area contributed by atoms with E-state index in [-0.39, 0.29) is 37.6 Å². The number of unbranched alkanes of at least 4 members (excludes halogenated alkanes) is 1. The quantitative estimate of drug-likeness (QED) is 0.569. The van der Waals surface area contributed by atoms with Gasteiger partial charge in [-0.3, -0.25) is 24.0 Å². The Balaban J connectivity index is 1.83. The molecule has 4 atom stereocenters. The molecule has 0 aliphatic carbocycles. The first-order chi connectivity index (χ1) is 15.8. The first-order valence-electron chi connectivity index (χ1n) is 11.5. The highest BCUT2D eigenvalue weighted by molar-refractivity contribution is 6.01. The second-order valence-corrected chi connectivity index (χ2v) is 8.57. The number of hydrogen-bond donors (Lipinski definition) is 2. The Morgan fingerprint density at radius 1 is 1.15 bits per heavy atom. The number of ether oxygens (including phenoxy) is 1. The predicted molar refractivity (Wildman–Crippen MR) is 119 cm³/mol. The second-order valence-electron chi connectivity index (χ2n) is 8.57. The Morgan fingerprint density at radius 2 is 1.88 bits per heavy atom. The van der Waals surface area contributed by atoms with Crippen LogP contribution < -0.4 is 10.6 Å². The third-order valence-electron chi connectivity index (χ3n) is 6.13. The summed E-state index contributed by atoms with van der Waals surface area (Å²) < 4.78 is 4.92. The van der Waals surface area contributed by atoms with E-state index in [0.717, 1.165) is 6.42 Å². The lowest BCUT2D eigenvalue weighted by molar-refractivity contribution is -0.146. The van der Waals surface area contributed by atoms with Crippen molar-refractivity contribution in [2.45, 2.75) is 76.5 Å². The number of cyclic esters (lactones) is 1. The van der Waals surface area contributed by atoms with Crippen molar-refractivity contribution >= 4 is 29.5 Å². The topological polar surface area (TPSA) is 122 Å². The van der Waals surface area contributed by atoms with E-state index < -0.39 is 41.9 Å². The molecule has 2 aliphatic rings. The molecular weight excluding hydrogens is 426 g/mol. The number of nitrogens with one attached hydrogen (secondary N) is 2. The summed E-state index contributed by atoms with van der Waals surface area (Å²) in [5, 5.41) is 5.54. The van der Waals surface area contributed by atoms with Crippen LogP contribution in [-0.4, -0.2) is 65.1 Å². The van der Waals surface area contributed by atoms with Crippen LogP contribution in [0.25, 0.3) is 0 Å². The van der Waals surface area contributed by atoms with Crippen LogP contribution in [0.4, 0.5) is 0 Å². The molecule has 0 aromatic heterocycles. The number of benzene rings is 1. The van der Waals surface area contributed by atoms with E-state index in [2.05, 4.69) is 10.6 Å². The standard InChI is InChI=1S/C24H31N3O6/c1-3-4-10-19(23(31)25-17-13-21(29)33-14-17)27-15(2)20(28)12-11-18(24(27)32)26-22(30)16-8-6-5-7-9-16/h5-9,15,17-19H,3-4,10-14H2,1-2H3,(H,25,31)(H,26,30)/t15?,17-,18-,19-/m0/s1. The fourth-order valence-electron chi connectivity index (χ4n) is 4.23. The fraction of sp³-hybridized carbons (Fsp3) is 0.542. The van der Waals surface area contributed by atoms with Gasteiger partial charge < -0.3 is 20.3 Å². The van der Waals surface area contributed by atoms with E-state index in [4.69, 9.17) is 4.74 Å². The zero-order valence-corrected chi connectivity index (χ0v) is 19.0. The van der Waals surface area contributed by atoms with Crippen LogP contribution in [0.2, 0.25) is 0 Å². The molecule has 0 spiro atoms. The molecule has 0 saturated carbocycles. The Labute approximate surface area is 193 Å². The molecule has 2 aliphatic heterocycles. The number of rotatable bonds is 8. The van der Waals surface area contributed by atoms with Gasteiger partial charge in [-0.05, 0) is 31.9 Å². The molecule has 1 unspecified atom stereocenters. The number of nitrogens with zero attached hydrogens (tertiary/aromatic N) is 1. The third kappa shape index (κ3) is 5.97. The fourth-order valence-corrected chi connectivity index (χ4v) is 4.23. The minimum atomic E-state index is -0.917. The van der Waals surface area contributed by atoms with Crippen LogP contribution >= 0.6 is 0 Å². The summed E-state index contributed by atoms with van der Waals surface area (Å²) in [6.07, 6.45) is 2.20. The van der Waals surface area contributed by atoms with Gasteiger partial charge in [-0.1, -0.05) is 38.0 Å². The number of ketones is 1. The van der Waals surface area contributed by atoms with Gasteiger partial charge in [0.05, 0.1) is 18.5 Å². The molecule has 3 rings (SSSR count). The van der Waals surface area contributed by atoms with Crippen molar-refractivity contribution in [3.8, 4) is 0 Å². The molecule has 1 aromatic rings. The Kier molecular flexibility index (Phi) is 8.19. The van der Waals surface area contributed by atoms with Crippen molar-refractivity contribution in [2.75, 3.05) is 6.61 Å². The summed E-state index contributed by atoms with van der Waals surface area (Å²) in [5.41, 5.74) is 0.409. The lowest BCUT2D eigenvalue weighted by Gasteiger charge is -2.36. The predicted octanol–water partition coefficient (Wildman–Crippen LogP) is 1.36. The van der Waals surface area contributed by atoms with E-state index in [9.17, 15) is 24.0 Å². The minimum Gasteiger partial charge on any atom is -0.463 e. The van der Waals surface area contributed by atoms with Crippen molar-refractivity contribution in [1.82, 2.24) is 15.5 Å². The zero-order valence-electron chi connectivity index (χ0n) is 19.0. The maximum Gasteiger partial charge on any atom is 0.308 e. The van der Waals surface area contributed by atoms with Gasteiger partial charge in [-0.2, -0.15) is 0 Å². The van der Waals surface area contributed by atoms with E-state index in [1.807, 2.05) is 6.92 Å². The van der Waals surface area contributed by atoms with E-state index in [0.29, 0.717) is 18.4 Å². The Hall–Kier alpha value is -3.23. The molecule has 178 valence electrons. The van der Waals surface area contributed by atoms with Gasteiger partial charge >= 0.3 is 5.97 Å². The number of Topliss-reactive ketones (excluding diaryl/α,β-unsaturated/α-hetero) is 1. The maximum atomic E-state index is 13.6. The normalized spacial score (nSPS) is 24.1. The number of carbonyl (C=O) groups is 5. The van der Waals surface area contributed by atoms with Crippen LogP contribution in [0, 0.1) is 0 Å². The van der Waals surface area contributed by atoms with E-state index in [1.54, 1.807) is 37.3 Å². The Morgan fingerprint density at radius 3 is 2.52 bits per heavy atom. The summed E-state index contributed by atoms with van der Waals surface area (Å²) in [4.78, 5) is 64.9. The van der Waals surface area contributed by atoms with Crippen molar-refractivity contribution in [2.24, 2.45) is 0 Å². The molecule has 1 aromatic carbocycles. The summed E-state index contributed by atoms with van der Waals surface area (Å²) >= 11 is 0. The lowest BCUT2D eigenvalue weighted by atomic mass is 10.0. The highest BCUT2D eigenvalue weighted by Crippen LogP contribution is 2.22. The van der Waals surface area contributed by atoms with Crippen molar-refractivity contribution < 1.29 is 28.7 Å². The second kappa shape index (κ2) is 11.1. The number of likely N-dealkylation sites (tertiary alicyclic amines) is 1. The first-order valence-corrected chi connectivity index (χ1v) is 11.5. The SMILES string of the molecule is CCCC[C@@H](C(=O)N[C@@H]1COC(=O)C1)N1C(=O)[C@@H](NC(=O)c2ccccc2)CCC(=O)C1C. The van der Waals surface area contributed by atoms with Crippen molar-refractivity contribution in [3.63, 3.8) is 0 Å². The molecule has 2 fully saturated rings. The van der Waals surface area contributed by atoms with Gasteiger partial charge in [0, 0.05) is 12.0 Å². The smallest absolute Gasteiger partial charge is 0.308 e. The maximum absolute atomic E-state index is 13.6. The van der Waals surface area contributed by atoms with Gasteiger partial charge in [0.2, 0.25) is 11.8 Å². The monoisotopic (exact) mass is 457 g/mol. The number of esters is 1. The van der Waals surface area contributed by atoms with E-state index in [1.165, 1.54) is 4.90 Å². The van der Waals surface area contributed by atoms with Crippen molar-refractivity contribution in [3.05, 3.63) is 35.9 Å². The highest BCUT2D eigenvalue weighted by atomic mass is 16.5. The highest BCUT2D eigenvalue weighted by Gasteiger charge is 2.42. The van der Waals surface area contributed by atoms with Gasteiger partial charge in [0.25, 0.3) is 5.91 Å². The average molecular weight is 458 g/mol. The molecule has 2 heterocycles. The molecule has 3 amide bonds. The number of carbonyl (C=O) groups excluding carboxylic acids is 5. The first kappa shape index (κ1) is 24.4. The minimum absolute atomic E-state index is 0.0738. The summed E-state index contributed by atoms with van der Waals surface area (Å²) in [6, 6.07) is 5.46. The molecule has 0 radical (unpaired) electrons. The lowest BCUT2D eigenvalue weighted by Crippen LogP contribution is -2.59. The average Bonchev–Trinajstić information content (AvgIpc) is 3.18. The van der Waals surface area contributed by atoms with Gasteiger partial charge in [0.1, 0.15) is 18.7 Å². The number of hydrogen-bond acceptors (Lipinski definition) is 6. The largest absolute Gasteiger partial charge is 0.463 e. The molecule has 2 saturated heterocycles. The molecular formula is C24H31N3O6. The molecule has 2 N–H and O–H groups in total. The Bertz CT molecular complexity index is 903. The van der Waals surface area contributed by atoms with Crippen LogP contribution in [0.3, 0.4) is 0 Å². The zero-order chi connectivity index (χ0) is 24.0. The van der Waals surface area contributed by atoms with Crippen LogP contribution in [-0.2, 0) is 23.9 Å². The summed E-state index contributed by atoms with van der Waals surface area (Å²) in [6.45, 7) is 3.68. The van der Waals surface area contributed by atoms with E-state index >= 15 is 0 Å². The van der Waals surface area contributed by atoms with Gasteiger partial charge in [-0.25, -0.2) is 0 Å². The van der Waals surface area contributed by atoms with Crippen molar-refractivity contribution in [1.29, 1.82) is 0 Å². The molecule has 33 heavy (non-hydrogen) atoms. The third-order valence-corrected chi connectivity index (χ3v) is 6.13. The van der Waals surface area contributed by atoms with Crippen LogP contribution in [0.1, 0.15) is 62.7 Å². The summed E-state index contributed by atoms with van der Waals surface area (Å²) in [7, 11) is 0. The summed E-state index contributed by atoms with van der Waals surface area (Å²) in [5.74, 6) is -1.83.